The predicted molar refractivity (Wildman–Crippen MR) is 116 cm³/mol. The fourth-order valence-corrected chi connectivity index (χ4v) is 4.83. The first kappa shape index (κ1) is 20.3. The summed E-state index contributed by atoms with van der Waals surface area (Å²) in [7, 11) is 0. The Morgan fingerprint density at radius 1 is 1.30 bits per heavy atom. The Hall–Kier alpha value is -1.41. The van der Waals surface area contributed by atoms with Gasteiger partial charge in [-0.25, -0.2) is 0 Å². The van der Waals surface area contributed by atoms with Crippen LogP contribution in [-0.2, 0) is 11.2 Å². The minimum Gasteiger partial charge on any atom is -0.376 e. The molecule has 0 aliphatic carbocycles. The second kappa shape index (κ2) is 10.8. The van der Waals surface area contributed by atoms with Gasteiger partial charge in [-0.15, -0.1) is 22.7 Å². The van der Waals surface area contributed by atoms with Crippen molar-refractivity contribution in [3.63, 3.8) is 0 Å². The summed E-state index contributed by atoms with van der Waals surface area (Å²) in [6.07, 6.45) is 1.31. The van der Waals surface area contributed by atoms with Crippen molar-refractivity contribution in [2.45, 2.75) is 32.4 Å². The number of hydrogen-bond donors (Lipinski definition) is 2. The van der Waals surface area contributed by atoms with Crippen molar-refractivity contribution in [2.24, 2.45) is 4.99 Å². The van der Waals surface area contributed by atoms with Crippen LogP contribution in [0, 0.1) is 0 Å². The molecule has 3 heterocycles. The largest absolute Gasteiger partial charge is 0.376 e. The van der Waals surface area contributed by atoms with E-state index in [0.29, 0.717) is 6.04 Å². The van der Waals surface area contributed by atoms with Crippen LogP contribution in [0.1, 0.15) is 29.6 Å². The van der Waals surface area contributed by atoms with Gasteiger partial charge in [-0.1, -0.05) is 12.1 Å². The summed E-state index contributed by atoms with van der Waals surface area (Å²) in [6, 6.07) is 8.95. The molecule has 0 saturated carbocycles. The molecule has 0 amide bonds. The third kappa shape index (κ3) is 6.31. The average molecular weight is 407 g/mol. The van der Waals surface area contributed by atoms with Crippen LogP contribution in [-0.4, -0.2) is 56.3 Å². The van der Waals surface area contributed by atoms with E-state index in [2.05, 4.69) is 64.4 Å². The molecule has 1 saturated heterocycles. The standard InChI is InChI=1S/C20H30N4OS2/c1-3-21-20(22-9-8-17-6-4-12-26-17)23-14-18(19-7-5-13-27-19)24-10-11-25-16(2)15-24/h4-7,12-13,16,18H,3,8-11,14-15H2,1-2H3,(H2,21,22,23). The van der Waals surface area contributed by atoms with Gasteiger partial charge in [0.15, 0.2) is 5.96 Å². The number of morpholine rings is 1. The maximum atomic E-state index is 5.73. The number of guanidine groups is 1. The van der Waals surface area contributed by atoms with Gasteiger partial charge >= 0.3 is 0 Å². The van der Waals surface area contributed by atoms with Crippen LogP contribution >= 0.6 is 22.7 Å². The number of nitrogens with zero attached hydrogens (tertiary/aromatic N) is 2. The van der Waals surface area contributed by atoms with Crippen molar-refractivity contribution in [2.75, 3.05) is 39.3 Å². The lowest BCUT2D eigenvalue weighted by molar-refractivity contribution is -0.0327. The van der Waals surface area contributed by atoms with Crippen molar-refractivity contribution in [1.82, 2.24) is 15.5 Å². The fraction of sp³-hybridized carbons (Fsp3) is 0.550. The molecular weight excluding hydrogens is 376 g/mol. The summed E-state index contributed by atoms with van der Waals surface area (Å²) in [4.78, 5) is 10.2. The van der Waals surface area contributed by atoms with E-state index in [4.69, 9.17) is 9.73 Å². The lowest BCUT2D eigenvalue weighted by Crippen LogP contribution is -2.44. The second-order valence-electron chi connectivity index (χ2n) is 6.68. The van der Waals surface area contributed by atoms with Gasteiger partial charge < -0.3 is 15.4 Å². The van der Waals surface area contributed by atoms with Crippen molar-refractivity contribution in [3.05, 3.63) is 44.8 Å². The van der Waals surface area contributed by atoms with Gasteiger partial charge in [-0.05, 0) is 43.2 Å². The normalized spacial score (nSPS) is 19.8. The topological polar surface area (TPSA) is 48.9 Å². The van der Waals surface area contributed by atoms with E-state index >= 15 is 0 Å². The Bertz CT molecular complexity index is 672. The van der Waals surface area contributed by atoms with Gasteiger partial charge in [-0.2, -0.15) is 0 Å². The first-order valence-electron chi connectivity index (χ1n) is 9.70. The summed E-state index contributed by atoms with van der Waals surface area (Å²) < 4.78 is 5.73. The minimum atomic E-state index is 0.280. The van der Waals surface area contributed by atoms with Gasteiger partial charge in [0, 0.05) is 35.9 Å². The number of hydrogen-bond acceptors (Lipinski definition) is 5. The predicted octanol–water partition coefficient (Wildman–Crippen LogP) is 3.37. The average Bonchev–Trinajstić information content (AvgIpc) is 3.36. The zero-order chi connectivity index (χ0) is 18.9. The lowest BCUT2D eigenvalue weighted by atomic mass is 10.1. The summed E-state index contributed by atoms with van der Waals surface area (Å²) >= 11 is 3.62. The first-order chi connectivity index (χ1) is 13.3. The maximum Gasteiger partial charge on any atom is 0.191 e. The van der Waals surface area contributed by atoms with E-state index in [1.807, 2.05) is 11.3 Å². The Kier molecular flexibility index (Phi) is 8.13. The molecule has 3 rings (SSSR count). The van der Waals surface area contributed by atoms with Gasteiger partial charge in [-0.3, -0.25) is 9.89 Å². The van der Waals surface area contributed by atoms with E-state index < -0.39 is 0 Å². The molecule has 27 heavy (non-hydrogen) atoms. The van der Waals surface area contributed by atoms with E-state index in [0.717, 1.165) is 51.7 Å². The molecule has 0 spiro atoms. The van der Waals surface area contributed by atoms with Gasteiger partial charge in [0.05, 0.1) is 25.3 Å². The Balaban J connectivity index is 1.62. The number of ether oxygens (including phenoxy) is 1. The molecule has 5 nitrogen and oxygen atoms in total. The molecule has 1 fully saturated rings. The van der Waals surface area contributed by atoms with Crippen LogP contribution in [0.2, 0.25) is 0 Å². The molecule has 148 valence electrons. The summed E-state index contributed by atoms with van der Waals surface area (Å²) in [5.41, 5.74) is 0. The lowest BCUT2D eigenvalue weighted by Gasteiger charge is -2.36. The highest BCUT2D eigenvalue weighted by molar-refractivity contribution is 7.10. The fourth-order valence-electron chi connectivity index (χ4n) is 3.27. The Labute approximate surface area is 170 Å². The highest BCUT2D eigenvalue weighted by atomic mass is 32.1. The molecule has 1 aliphatic rings. The third-order valence-electron chi connectivity index (χ3n) is 4.60. The molecule has 7 heteroatoms. The number of rotatable bonds is 8. The van der Waals surface area contributed by atoms with E-state index in [9.17, 15) is 0 Å². The SMILES string of the molecule is CCNC(=NCC(c1cccs1)N1CCOC(C)C1)NCCc1cccs1. The smallest absolute Gasteiger partial charge is 0.191 e. The highest BCUT2D eigenvalue weighted by Crippen LogP contribution is 2.27. The molecule has 2 aromatic heterocycles. The quantitative estimate of drug-likeness (QED) is 0.521. The van der Waals surface area contributed by atoms with Gasteiger partial charge in [0.2, 0.25) is 0 Å². The molecule has 0 radical (unpaired) electrons. The minimum absolute atomic E-state index is 0.280. The number of aliphatic imine (C=N–C) groups is 1. The monoisotopic (exact) mass is 406 g/mol. The van der Waals surface area contributed by atoms with Crippen LogP contribution in [0.25, 0.3) is 0 Å². The molecule has 2 unspecified atom stereocenters. The van der Waals surface area contributed by atoms with E-state index in [1.165, 1.54) is 9.75 Å². The number of nitrogens with one attached hydrogen (secondary N) is 2. The molecule has 2 N–H and O–H groups in total. The van der Waals surface area contributed by atoms with Crippen LogP contribution in [0.5, 0.6) is 0 Å². The molecule has 0 aromatic carbocycles. The Morgan fingerprint density at radius 3 is 2.85 bits per heavy atom. The van der Waals surface area contributed by atoms with Crippen molar-refractivity contribution < 1.29 is 4.74 Å². The van der Waals surface area contributed by atoms with Crippen molar-refractivity contribution >= 4 is 28.6 Å². The van der Waals surface area contributed by atoms with Crippen molar-refractivity contribution in [3.8, 4) is 0 Å². The molecule has 2 aromatic rings. The molecule has 2 atom stereocenters. The summed E-state index contributed by atoms with van der Waals surface area (Å²) in [6.45, 7) is 9.49. The van der Waals surface area contributed by atoms with Crippen LogP contribution in [0.4, 0.5) is 0 Å². The Morgan fingerprint density at radius 2 is 2.15 bits per heavy atom. The van der Waals surface area contributed by atoms with E-state index in [1.54, 1.807) is 11.3 Å². The van der Waals surface area contributed by atoms with Crippen LogP contribution in [0.3, 0.4) is 0 Å². The van der Waals surface area contributed by atoms with Crippen molar-refractivity contribution in [1.29, 1.82) is 0 Å². The molecule has 1 aliphatic heterocycles. The summed E-state index contributed by atoms with van der Waals surface area (Å²) in [5.74, 6) is 0.900. The van der Waals surface area contributed by atoms with Gasteiger partial charge in [0.25, 0.3) is 0 Å². The zero-order valence-corrected chi connectivity index (χ0v) is 17.8. The summed E-state index contributed by atoms with van der Waals surface area (Å²) in [5, 5.41) is 11.1. The first-order valence-corrected chi connectivity index (χ1v) is 11.5. The van der Waals surface area contributed by atoms with E-state index in [-0.39, 0.29) is 6.10 Å². The van der Waals surface area contributed by atoms with Gasteiger partial charge in [0.1, 0.15) is 0 Å². The molecule has 0 bridgehead atoms. The second-order valence-corrected chi connectivity index (χ2v) is 8.69. The zero-order valence-electron chi connectivity index (χ0n) is 16.2. The maximum absolute atomic E-state index is 5.73. The third-order valence-corrected chi connectivity index (χ3v) is 6.51. The van der Waals surface area contributed by atoms with Crippen LogP contribution in [0.15, 0.2) is 40.0 Å². The molecular formula is C20H30N4OS2. The number of thiophene rings is 2. The van der Waals surface area contributed by atoms with Crippen LogP contribution < -0.4 is 10.6 Å². The highest BCUT2D eigenvalue weighted by Gasteiger charge is 2.26.